The number of amides is 3. The average Bonchev–Trinajstić information content (AvgIpc) is 3.25. The summed E-state index contributed by atoms with van der Waals surface area (Å²) in [5.41, 5.74) is 2.74. The molecule has 1 atom stereocenters. The van der Waals surface area contributed by atoms with Crippen LogP contribution in [0.4, 0.5) is 26.1 Å². The minimum absolute atomic E-state index is 0.104. The maximum absolute atomic E-state index is 15.2. The molecule has 2 saturated heterocycles. The fourth-order valence-corrected chi connectivity index (χ4v) is 9.28. The molecule has 60 heavy (non-hydrogen) atoms. The van der Waals surface area contributed by atoms with E-state index in [1.165, 1.54) is 12.3 Å². The van der Waals surface area contributed by atoms with E-state index >= 15 is 4.39 Å². The van der Waals surface area contributed by atoms with Gasteiger partial charge in [0, 0.05) is 80.7 Å². The van der Waals surface area contributed by atoms with Gasteiger partial charge in [-0.15, -0.1) is 0 Å². The van der Waals surface area contributed by atoms with Gasteiger partial charge < -0.3 is 25.8 Å². The summed E-state index contributed by atoms with van der Waals surface area (Å²) in [4.78, 5) is 64.9. The third-order valence-electron chi connectivity index (χ3n) is 12.6. The second kappa shape index (κ2) is 18.7. The minimum Gasteiger partial charge on any atom is -0.374 e. The van der Waals surface area contributed by atoms with Crippen LogP contribution in [0.1, 0.15) is 70.6 Å². The van der Waals surface area contributed by atoms with Crippen molar-refractivity contribution in [3.05, 3.63) is 89.0 Å². The van der Waals surface area contributed by atoms with Crippen molar-refractivity contribution in [2.45, 2.75) is 88.8 Å². The van der Waals surface area contributed by atoms with Gasteiger partial charge in [0.25, 0.3) is 5.56 Å². The zero-order valence-electron chi connectivity index (χ0n) is 33.7. The maximum atomic E-state index is 15.2. The Morgan fingerprint density at radius 1 is 0.783 bits per heavy atom. The van der Waals surface area contributed by atoms with E-state index in [-0.39, 0.29) is 53.3 Å². The van der Waals surface area contributed by atoms with Gasteiger partial charge in [-0.2, -0.15) is 0 Å². The zero-order valence-corrected chi connectivity index (χ0v) is 33.7. The highest BCUT2D eigenvalue weighted by Crippen LogP contribution is 2.33. The van der Waals surface area contributed by atoms with Gasteiger partial charge in [0.2, 0.25) is 23.7 Å². The number of carbonyl (C=O) groups is 3. The van der Waals surface area contributed by atoms with Crippen LogP contribution < -0.4 is 31.7 Å². The van der Waals surface area contributed by atoms with E-state index in [1.807, 2.05) is 6.07 Å². The van der Waals surface area contributed by atoms with E-state index in [0.29, 0.717) is 58.7 Å². The molecule has 8 rings (SSSR count). The van der Waals surface area contributed by atoms with Gasteiger partial charge in [0.15, 0.2) is 5.82 Å². The quantitative estimate of drug-likeness (QED) is 0.110. The summed E-state index contributed by atoms with van der Waals surface area (Å²) in [6.07, 6.45) is 11.6. The molecule has 1 unspecified atom stereocenters. The van der Waals surface area contributed by atoms with E-state index in [9.17, 15) is 23.6 Å². The number of piperidine rings is 1. The number of aromatic amines is 1. The number of nitrogens with one attached hydrogen (secondary N) is 5. The largest absolute Gasteiger partial charge is 0.374 e. The molecule has 4 heterocycles. The molecule has 4 fully saturated rings. The van der Waals surface area contributed by atoms with E-state index < -0.39 is 11.9 Å². The number of halogens is 2. The minimum atomic E-state index is -0.555. The molecule has 3 amide bonds. The monoisotopic (exact) mass is 821 g/mol. The smallest absolute Gasteiger partial charge is 0.255 e. The van der Waals surface area contributed by atoms with Crippen LogP contribution in [0.5, 0.6) is 0 Å². The van der Waals surface area contributed by atoms with Crippen molar-refractivity contribution in [3.63, 3.8) is 0 Å². The van der Waals surface area contributed by atoms with E-state index in [0.717, 1.165) is 84.1 Å². The van der Waals surface area contributed by atoms with Crippen molar-refractivity contribution in [2.75, 3.05) is 48.3 Å². The Bertz CT molecular complexity index is 2230. The first kappa shape index (κ1) is 41.1. The normalized spacial score (nSPS) is 23.8. The number of benzene rings is 2. The highest BCUT2D eigenvalue weighted by Gasteiger charge is 2.30. The van der Waals surface area contributed by atoms with E-state index in [2.05, 4.69) is 46.0 Å². The van der Waals surface area contributed by atoms with Crippen LogP contribution in [0.3, 0.4) is 0 Å². The molecule has 0 spiro atoms. The molecule has 13 nitrogen and oxygen atoms in total. The van der Waals surface area contributed by atoms with E-state index in [4.69, 9.17) is 0 Å². The van der Waals surface area contributed by atoms with Crippen molar-refractivity contribution < 1.29 is 23.2 Å². The molecule has 0 radical (unpaired) electrons. The second-order valence-corrected chi connectivity index (χ2v) is 16.8. The number of imide groups is 1. The molecule has 15 heteroatoms. The Hall–Kier alpha value is -5.70. The number of aromatic nitrogens is 3. The zero-order chi connectivity index (χ0) is 41.6. The lowest BCUT2D eigenvalue weighted by Crippen LogP contribution is -2.48. The summed E-state index contributed by atoms with van der Waals surface area (Å²) < 4.78 is 30.1. The Kier molecular flexibility index (Phi) is 12.8. The van der Waals surface area contributed by atoms with Gasteiger partial charge in [-0.25, -0.2) is 18.7 Å². The molecule has 2 aliphatic heterocycles. The van der Waals surface area contributed by atoms with Crippen molar-refractivity contribution in [1.82, 2.24) is 30.5 Å². The predicted octanol–water partition coefficient (Wildman–Crippen LogP) is 5.85. The molecule has 4 aromatic rings. The highest BCUT2D eigenvalue weighted by molar-refractivity contribution is 6.01. The number of pyridine rings is 1. The fraction of sp³-hybridized carbons (Fsp3) is 0.467. The molecule has 5 N–H and O–H groups in total. The number of hydrogen-bond acceptors (Lipinski definition) is 10. The number of rotatable bonds is 12. The number of nitrogens with zero attached hydrogens (tertiary/aromatic N) is 4. The second-order valence-electron chi connectivity index (χ2n) is 16.8. The number of hydrogen-bond donors (Lipinski definition) is 5. The van der Waals surface area contributed by atoms with Crippen LogP contribution in [0.25, 0.3) is 22.4 Å². The van der Waals surface area contributed by atoms with Crippen molar-refractivity contribution >= 4 is 35.0 Å². The van der Waals surface area contributed by atoms with Gasteiger partial charge in [-0.3, -0.25) is 29.4 Å². The Labute approximate surface area is 348 Å². The molecular formula is C45H53F2N9O4. The van der Waals surface area contributed by atoms with E-state index in [1.54, 1.807) is 48.7 Å². The van der Waals surface area contributed by atoms with Gasteiger partial charge in [-0.1, -0.05) is 18.2 Å². The molecule has 2 aromatic heterocycles. The highest BCUT2D eigenvalue weighted by atomic mass is 19.1. The summed E-state index contributed by atoms with van der Waals surface area (Å²) in [7, 11) is 0. The van der Waals surface area contributed by atoms with Crippen molar-refractivity contribution in [3.8, 4) is 22.4 Å². The lowest BCUT2D eigenvalue weighted by Gasteiger charge is -2.39. The first-order chi connectivity index (χ1) is 29.1. The van der Waals surface area contributed by atoms with Gasteiger partial charge in [0.05, 0.1) is 11.9 Å². The SMILES string of the molecule is O=C1CCC(Nc2ccc(N3CCN(CC4CCC(CC(=O)NC5CCC(Nc6ncc(F)c(-c7cccc(-c8ccc[nH]c8=O)c7)n6)CC5)CC4)CC3)c(F)c2)C(=O)N1. The summed E-state index contributed by atoms with van der Waals surface area (Å²) in [5, 5.41) is 12.0. The summed E-state index contributed by atoms with van der Waals surface area (Å²) in [6.45, 7) is 4.22. The Morgan fingerprint density at radius 2 is 1.53 bits per heavy atom. The molecular weight excluding hydrogens is 769 g/mol. The molecule has 316 valence electrons. The average molecular weight is 822 g/mol. The third-order valence-corrected chi connectivity index (χ3v) is 12.6. The van der Waals surface area contributed by atoms with Crippen LogP contribution in [0, 0.1) is 23.5 Å². The van der Waals surface area contributed by atoms with Crippen LogP contribution >= 0.6 is 0 Å². The fourth-order valence-electron chi connectivity index (χ4n) is 9.28. The number of H-pyrrole nitrogens is 1. The first-order valence-electron chi connectivity index (χ1n) is 21.4. The Balaban J connectivity index is 0.726. The van der Waals surface area contributed by atoms with Crippen LogP contribution in [0.15, 0.2) is 71.8 Å². The van der Waals surface area contributed by atoms with Crippen molar-refractivity contribution in [1.29, 1.82) is 0 Å². The summed E-state index contributed by atoms with van der Waals surface area (Å²) in [5.74, 6) is -0.0713. The lowest BCUT2D eigenvalue weighted by atomic mass is 9.80. The van der Waals surface area contributed by atoms with Crippen LogP contribution in [0.2, 0.25) is 0 Å². The third kappa shape index (κ3) is 10.2. The predicted molar refractivity (Wildman–Crippen MR) is 226 cm³/mol. The topological polar surface area (TPSA) is 164 Å². The first-order valence-corrected chi connectivity index (χ1v) is 21.4. The summed E-state index contributed by atoms with van der Waals surface area (Å²) >= 11 is 0. The summed E-state index contributed by atoms with van der Waals surface area (Å²) in [6, 6.07) is 15.2. The number of anilines is 3. The number of carbonyl (C=O) groups excluding carboxylic acids is 3. The molecule has 2 aromatic carbocycles. The van der Waals surface area contributed by atoms with Gasteiger partial charge in [0.1, 0.15) is 17.6 Å². The van der Waals surface area contributed by atoms with Crippen LogP contribution in [-0.4, -0.2) is 88.4 Å². The molecule has 2 aliphatic carbocycles. The Morgan fingerprint density at radius 3 is 2.28 bits per heavy atom. The molecule has 0 bridgehead atoms. The molecule has 4 aliphatic rings. The standard InChI is InChI=1S/C45H53F2N9O4/c46-36-25-34(50-38-15-17-40(57)53-44(38)60)14-16-39(36)56-21-19-55(20-22-56)27-29-8-6-28(7-9-29)23-41(58)51-32-10-12-33(13-11-32)52-45-49-26-37(47)42(54-45)31-4-1-3-30(24-31)35-5-2-18-48-43(35)59/h1-5,14,16,18,24-26,28-29,32-33,38,50H,6-13,15,17,19-23,27H2,(H,48,59)(H,51,58)(H,49,52,54)(H,53,57,60). The van der Waals surface area contributed by atoms with Crippen LogP contribution in [-0.2, 0) is 14.4 Å². The number of piperazine rings is 1. The molecule has 2 saturated carbocycles. The van der Waals surface area contributed by atoms with Gasteiger partial charge in [-0.05, 0) is 112 Å². The lowest BCUT2D eigenvalue weighted by molar-refractivity contribution is -0.133. The van der Waals surface area contributed by atoms with Crippen molar-refractivity contribution in [2.24, 2.45) is 11.8 Å². The van der Waals surface area contributed by atoms with Gasteiger partial charge >= 0.3 is 0 Å². The maximum Gasteiger partial charge on any atom is 0.255 e.